The summed E-state index contributed by atoms with van der Waals surface area (Å²) in [7, 11) is 0. The van der Waals surface area contributed by atoms with Gasteiger partial charge in [0, 0.05) is 6.04 Å². The molecule has 1 aromatic heterocycles. The standard InChI is InChI=1S/C15H21N3/c1-4-15(3,16)14-17-12-9-10(2)5-8-13(12)18(14)11-6-7-11/h5,8-9,11H,4,6-7,16H2,1-3H3. The lowest BCUT2D eigenvalue weighted by molar-refractivity contribution is 0.424. The fourth-order valence-electron chi connectivity index (χ4n) is 2.47. The summed E-state index contributed by atoms with van der Waals surface area (Å²) in [4.78, 5) is 4.82. The molecule has 0 amide bonds. The van der Waals surface area contributed by atoms with E-state index in [1.54, 1.807) is 0 Å². The highest BCUT2D eigenvalue weighted by Crippen LogP contribution is 2.41. The van der Waals surface area contributed by atoms with Gasteiger partial charge in [0.15, 0.2) is 0 Å². The molecule has 2 N–H and O–H groups in total. The van der Waals surface area contributed by atoms with E-state index in [9.17, 15) is 0 Å². The topological polar surface area (TPSA) is 43.8 Å². The van der Waals surface area contributed by atoms with Gasteiger partial charge in [0.25, 0.3) is 0 Å². The zero-order valence-electron chi connectivity index (χ0n) is 11.4. The van der Waals surface area contributed by atoms with E-state index >= 15 is 0 Å². The van der Waals surface area contributed by atoms with Gasteiger partial charge in [-0.3, -0.25) is 0 Å². The Labute approximate surface area is 108 Å². The fourth-order valence-corrected chi connectivity index (χ4v) is 2.47. The first kappa shape index (κ1) is 11.7. The minimum absolute atomic E-state index is 0.338. The summed E-state index contributed by atoms with van der Waals surface area (Å²) in [5, 5.41) is 0. The normalized spacial score (nSPS) is 19.1. The number of aryl methyl sites for hydroxylation is 1. The number of imidazole rings is 1. The minimum Gasteiger partial charge on any atom is -0.323 e. The number of aromatic nitrogens is 2. The molecule has 1 aliphatic rings. The summed E-state index contributed by atoms with van der Waals surface area (Å²) in [6.45, 7) is 6.32. The monoisotopic (exact) mass is 243 g/mol. The van der Waals surface area contributed by atoms with Crippen molar-refractivity contribution in [1.29, 1.82) is 0 Å². The van der Waals surface area contributed by atoms with Crippen molar-refractivity contribution in [3.8, 4) is 0 Å². The second-order valence-electron chi connectivity index (χ2n) is 5.80. The van der Waals surface area contributed by atoms with Gasteiger partial charge < -0.3 is 10.3 Å². The van der Waals surface area contributed by atoms with Crippen molar-refractivity contribution in [2.75, 3.05) is 0 Å². The summed E-state index contributed by atoms with van der Waals surface area (Å²) in [6, 6.07) is 7.11. The molecule has 1 unspecified atom stereocenters. The van der Waals surface area contributed by atoms with Crippen LogP contribution in [0.3, 0.4) is 0 Å². The van der Waals surface area contributed by atoms with Gasteiger partial charge in [0.05, 0.1) is 16.6 Å². The smallest absolute Gasteiger partial charge is 0.130 e. The molecule has 1 aliphatic carbocycles. The van der Waals surface area contributed by atoms with Crippen LogP contribution in [-0.4, -0.2) is 9.55 Å². The summed E-state index contributed by atoms with van der Waals surface area (Å²) < 4.78 is 2.37. The Kier molecular flexibility index (Phi) is 2.49. The van der Waals surface area contributed by atoms with Crippen molar-refractivity contribution in [3.63, 3.8) is 0 Å². The van der Waals surface area contributed by atoms with Crippen molar-refractivity contribution in [2.45, 2.75) is 51.6 Å². The number of nitrogens with zero attached hydrogens (tertiary/aromatic N) is 2. The summed E-state index contributed by atoms with van der Waals surface area (Å²) in [5.74, 6) is 1.05. The largest absolute Gasteiger partial charge is 0.323 e. The van der Waals surface area contributed by atoms with Crippen molar-refractivity contribution < 1.29 is 0 Å². The average molecular weight is 243 g/mol. The maximum absolute atomic E-state index is 6.42. The van der Waals surface area contributed by atoms with Crippen LogP contribution in [0.1, 0.15) is 50.5 Å². The second kappa shape index (κ2) is 3.82. The molecule has 0 spiro atoms. The highest BCUT2D eigenvalue weighted by molar-refractivity contribution is 5.77. The number of hydrogen-bond donors (Lipinski definition) is 1. The summed E-state index contributed by atoms with van der Waals surface area (Å²) in [6.07, 6.45) is 3.42. The van der Waals surface area contributed by atoms with E-state index in [4.69, 9.17) is 10.7 Å². The van der Waals surface area contributed by atoms with E-state index in [0.717, 1.165) is 17.8 Å². The first-order valence-corrected chi connectivity index (χ1v) is 6.81. The lowest BCUT2D eigenvalue weighted by Crippen LogP contribution is -2.35. The summed E-state index contributed by atoms with van der Waals surface area (Å²) >= 11 is 0. The Balaban J connectivity index is 2.27. The van der Waals surface area contributed by atoms with Gasteiger partial charge in [0.2, 0.25) is 0 Å². The highest BCUT2D eigenvalue weighted by atomic mass is 15.2. The van der Waals surface area contributed by atoms with Gasteiger partial charge in [-0.1, -0.05) is 13.0 Å². The molecule has 1 fully saturated rings. The Morgan fingerprint density at radius 1 is 1.44 bits per heavy atom. The fraction of sp³-hybridized carbons (Fsp3) is 0.533. The van der Waals surface area contributed by atoms with Crippen LogP contribution in [0.4, 0.5) is 0 Å². The van der Waals surface area contributed by atoms with Gasteiger partial charge in [0.1, 0.15) is 5.82 Å². The van der Waals surface area contributed by atoms with Crippen LogP contribution >= 0.6 is 0 Å². The van der Waals surface area contributed by atoms with Gasteiger partial charge >= 0.3 is 0 Å². The number of benzene rings is 1. The minimum atomic E-state index is -0.338. The molecule has 1 atom stereocenters. The molecular formula is C15H21N3. The lowest BCUT2D eigenvalue weighted by Gasteiger charge is -2.23. The van der Waals surface area contributed by atoms with E-state index < -0.39 is 0 Å². The first-order chi connectivity index (χ1) is 8.53. The zero-order valence-corrected chi connectivity index (χ0v) is 11.4. The number of hydrogen-bond acceptors (Lipinski definition) is 2. The second-order valence-corrected chi connectivity index (χ2v) is 5.80. The van der Waals surface area contributed by atoms with Crippen LogP contribution in [0.5, 0.6) is 0 Å². The predicted octanol–water partition coefficient (Wildman–Crippen LogP) is 3.26. The molecule has 96 valence electrons. The average Bonchev–Trinajstić information content (AvgIpc) is 3.09. The van der Waals surface area contributed by atoms with Crippen LogP contribution in [-0.2, 0) is 5.54 Å². The van der Waals surface area contributed by atoms with Gasteiger partial charge in [-0.05, 0) is 50.8 Å². The maximum atomic E-state index is 6.42. The molecular weight excluding hydrogens is 222 g/mol. The van der Waals surface area contributed by atoms with E-state index in [-0.39, 0.29) is 5.54 Å². The van der Waals surface area contributed by atoms with Crippen LogP contribution in [0, 0.1) is 6.92 Å². The molecule has 18 heavy (non-hydrogen) atoms. The first-order valence-electron chi connectivity index (χ1n) is 6.81. The molecule has 3 rings (SSSR count). The third-order valence-corrected chi connectivity index (χ3v) is 4.00. The van der Waals surface area contributed by atoms with Crippen molar-refractivity contribution in [1.82, 2.24) is 9.55 Å². The molecule has 1 heterocycles. The third kappa shape index (κ3) is 1.74. The number of nitrogens with two attached hydrogens (primary N) is 1. The van der Waals surface area contributed by atoms with Crippen molar-refractivity contribution in [2.24, 2.45) is 5.73 Å². The van der Waals surface area contributed by atoms with E-state index in [1.165, 1.54) is 23.9 Å². The SMILES string of the molecule is CCC(C)(N)c1nc2cc(C)ccc2n1C1CC1. The molecule has 2 aromatic rings. The van der Waals surface area contributed by atoms with Crippen LogP contribution in [0.15, 0.2) is 18.2 Å². The molecule has 0 saturated heterocycles. The van der Waals surface area contributed by atoms with Crippen LogP contribution in [0.25, 0.3) is 11.0 Å². The Morgan fingerprint density at radius 3 is 2.78 bits per heavy atom. The molecule has 0 bridgehead atoms. The molecule has 1 aromatic carbocycles. The lowest BCUT2D eigenvalue weighted by atomic mass is 9.99. The molecule has 3 nitrogen and oxygen atoms in total. The Hall–Kier alpha value is -1.35. The van der Waals surface area contributed by atoms with Crippen molar-refractivity contribution >= 4 is 11.0 Å². The van der Waals surface area contributed by atoms with Gasteiger partial charge in [-0.2, -0.15) is 0 Å². The molecule has 3 heteroatoms. The van der Waals surface area contributed by atoms with Crippen molar-refractivity contribution in [3.05, 3.63) is 29.6 Å². The quantitative estimate of drug-likeness (QED) is 0.899. The molecule has 0 aliphatic heterocycles. The predicted molar refractivity (Wildman–Crippen MR) is 74.6 cm³/mol. The summed E-state index contributed by atoms with van der Waals surface area (Å²) in [5.41, 5.74) is 9.66. The molecule has 1 saturated carbocycles. The van der Waals surface area contributed by atoms with E-state index in [2.05, 4.69) is 43.5 Å². The van der Waals surface area contributed by atoms with Crippen LogP contribution < -0.4 is 5.73 Å². The van der Waals surface area contributed by atoms with Gasteiger partial charge in [-0.15, -0.1) is 0 Å². The van der Waals surface area contributed by atoms with E-state index in [0.29, 0.717) is 6.04 Å². The Morgan fingerprint density at radius 2 is 2.17 bits per heavy atom. The zero-order chi connectivity index (χ0) is 12.9. The van der Waals surface area contributed by atoms with Crippen LogP contribution in [0.2, 0.25) is 0 Å². The number of rotatable bonds is 3. The highest BCUT2D eigenvalue weighted by Gasteiger charge is 2.33. The third-order valence-electron chi connectivity index (χ3n) is 4.00. The Bertz CT molecular complexity index is 591. The van der Waals surface area contributed by atoms with Gasteiger partial charge in [-0.25, -0.2) is 4.98 Å². The number of fused-ring (bicyclic) bond motifs is 1. The maximum Gasteiger partial charge on any atom is 0.130 e. The molecule has 0 radical (unpaired) electrons. The van der Waals surface area contributed by atoms with E-state index in [1.807, 2.05) is 0 Å².